The van der Waals surface area contributed by atoms with Crippen LogP contribution in [-0.4, -0.2) is 10.9 Å². The summed E-state index contributed by atoms with van der Waals surface area (Å²) in [5.41, 5.74) is 2.79. The Morgan fingerprint density at radius 3 is 2.00 bits per heavy atom. The van der Waals surface area contributed by atoms with Crippen molar-refractivity contribution in [1.29, 1.82) is 0 Å². The van der Waals surface area contributed by atoms with Crippen molar-refractivity contribution in [3.8, 4) is 9.75 Å². The Morgan fingerprint density at radius 1 is 0.833 bits per heavy atom. The van der Waals surface area contributed by atoms with Gasteiger partial charge < -0.3 is 0 Å². The molecule has 0 amide bonds. The molecule has 0 saturated heterocycles. The van der Waals surface area contributed by atoms with Crippen LogP contribution in [0.25, 0.3) is 9.75 Å². The predicted octanol–water partition coefficient (Wildman–Crippen LogP) is 12.1. The summed E-state index contributed by atoms with van der Waals surface area (Å²) in [6.07, 6.45) is 21.1. The van der Waals surface area contributed by atoms with E-state index in [0.29, 0.717) is 5.12 Å². The molecule has 204 valence electrons. The number of hydrogen-bond donors (Lipinski definition) is 0. The molecule has 0 atom stereocenters. The van der Waals surface area contributed by atoms with Crippen molar-refractivity contribution < 1.29 is 4.79 Å². The van der Waals surface area contributed by atoms with E-state index in [2.05, 4.69) is 40.4 Å². The summed E-state index contributed by atoms with van der Waals surface area (Å²) in [7, 11) is 0. The molecule has 0 radical (unpaired) electrons. The van der Waals surface area contributed by atoms with Crippen molar-refractivity contribution in [2.45, 2.75) is 130 Å². The maximum Gasteiger partial charge on any atom is 0.194 e. The van der Waals surface area contributed by atoms with Crippen molar-refractivity contribution in [2.24, 2.45) is 5.41 Å². The van der Waals surface area contributed by atoms with Crippen molar-refractivity contribution in [3.63, 3.8) is 0 Å². The van der Waals surface area contributed by atoms with Gasteiger partial charge in [-0.3, -0.25) is 4.79 Å². The number of rotatable bonds is 19. The molecule has 0 aliphatic rings. The van der Waals surface area contributed by atoms with Crippen LogP contribution in [0.1, 0.15) is 129 Å². The second kappa shape index (κ2) is 18.2. The molecule has 0 spiro atoms. The van der Waals surface area contributed by atoms with E-state index in [9.17, 15) is 4.79 Å². The van der Waals surface area contributed by atoms with Gasteiger partial charge in [-0.05, 0) is 76.7 Å². The van der Waals surface area contributed by atoms with Crippen LogP contribution in [0.5, 0.6) is 0 Å². The molecule has 36 heavy (non-hydrogen) atoms. The first kappa shape index (κ1) is 32.1. The molecule has 0 N–H and O–H groups in total. The van der Waals surface area contributed by atoms with Crippen molar-refractivity contribution in [3.05, 3.63) is 32.4 Å². The van der Waals surface area contributed by atoms with E-state index in [0.717, 1.165) is 18.6 Å². The number of unbranched alkanes of at least 4 members (excludes halogenated alkanes) is 12. The standard InChI is InChI=1S/C31H49BrOS3/c1-5-6-7-8-9-10-11-12-13-17-20-26-24-27(36-29(26)32)28-25(21-23-34-28)19-16-14-15-18-22-35-30(33)31(2,3)4/h21,23-24H,5-20,22H2,1-4H3. The normalized spacial score (nSPS) is 11.9. The quantitative estimate of drug-likeness (QED) is 0.147. The van der Waals surface area contributed by atoms with Crippen molar-refractivity contribution in [1.82, 2.24) is 0 Å². The van der Waals surface area contributed by atoms with Gasteiger partial charge in [-0.25, -0.2) is 0 Å². The fraction of sp³-hybridized carbons (Fsp3) is 0.710. The molecule has 2 rings (SSSR count). The minimum Gasteiger partial charge on any atom is -0.287 e. The van der Waals surface area contributed by atoms with Gasteiger partial charge >= 0.3 is 0 Å². The smallest absolute Gasteiger partial charge is 0.194 e. The SMILES string of the molecule is CCCCCCCCCCCCc1cc(-c2sccc2CCCCCCSC(=O)C(C)(C)C)sc1Br. The van der Waals surface area contributed by atoms with E-state index in [1.165, 1.54) is 126 Å². The second-order valence-corrected chi connectivity index (χ2v) is 15.5. The largest absolute Gasteiger partial charge is 0.287 e. The van der Waals surface area contributed by atoms with Crippen LogP contribution in [0.15, 0.2) is 21.3 Å². The highest BCUT2D eigenvalue weighted by atomic mass is 79.9. The molecular weight excluding hydrogens is 564 g/mol. The molecule has 1 nitrogen and oxygen atoms in total. The number of halogens is 1. The summed E-state index contributed by atoms with van der Waals surface area (Å²) >= 11 is 9.18. The third-order valence-corrected chi connectivity index (χ3v) is 11.2. The number of thiophene rings is 2. The van der Waals surface area contributed by atoms with E-state index in [1.807, 2.05) is 43.4 Å². The minimum atomic E-state index is -0.218. The van der Waals surface area contributed by atoms with E-state index < -0.39 is 0 Å². The van der Waals surface area contributed by atoms with E-state index in [-0.39, 0.29) is 5.41 Å². The van der Waals surface area contributed by atoms with Gasteiger partial charge in [-0.1, -0.05) is 110 Å². The number of carbonyl (C=O) groups excluding carboxylic acids is 1. The van der Waals surface area contributed by atoms with Crippen LogP contribution in [0.3, 0.4) is 0 Å². The molecule has 2 heterocycles. The highest BCUT2D eigenvalue weighted by Gasteiger charge is 2.21. The lowest BCUT2D eigenvalue weighted by atomic mass is 10.00. The highest BCUT2D eigenvalue weighted by Crippen LogP contribution is 2.40. The monoisotopic (exact) mass is 612 g/mol. The van der Waals surface area contributed by atoms with Gasteiger partial charge in [0.1, 0.15) is 0 Å². The Kier molecular flexibility index (Phi) is 16.3. The number of hydrogen-bond acceptors (Lipinski definition) is 4. The zero-order valence-electron chi connectivity index (χ0n) is 23.3. The zero-order chi connectivity index (χ0) is 26.2. The molecule has 2 aromatic rings. The first-order valence-corrected chi connectivity index (χ1v) is 17.8. The van der Waals surface area contributed by atoms with Crippen LogP contribution < -0.4 is 0 Å². The third kappa shape index (κ3) is 12.6. The van der Waals surface area contributed by atoms with E-state index in [4.69, 9.17) is 0 Å². The number of carbonyl (C=O) groups is 1. The van der Waals surface area contributed by atoms with E-state index >= 15 is 0 Å². The summed E-state index contributed by atoms with van der Waals surface area (Å²) in [5, 5.41) is 2.58. The average Bonchev–Trinajstić information content (AvgIpc) is 3.45. The van der Waals surface area contributed by atoms with Gasteiger partial charge in [-0.2, -0.15) is 0 Å². The maximum atomic E-state index is 12.0. The number of aryl methyl sites for hydroxylation is 2. The zero-order valence-corrected chi connectivity index (χ0v) is 27.3. The minimum absolute atomic E-state index is 0.218. The van der Waals surface area contributed by atoms with Gasteiger partial charge in [0.25, 0.3) is 0 Å². The fourth-order valence-corrected chi connectivity index (χ4v) is 8.24. The van der Waals surface area contributed by atoms with Gasteiger partial charge in [0, 0.05) is 20.9 Å². The molecule has 0 fully saturated rings. The first-order chi connectivity index (χ1) is 17.3. The van der Waals surface area contributed by atoms with Crippen LogP contribution >= 0.6 is 50.4 Å². The summed E-state index contributed by atoms with van der Waals surface area (Å²) in [5.74, 6) is 0.963. The molecule has 5 heteroatoms. The van der Waals surface area contributed by atoms with Gasteiger partial charge in [-0.15, -0.1) is 22.7 Å². The third-order valence-electron chi connectivity index (χ3n) is 6.71. The lowest BCUT2D eigenvalue weighted by Crippen LogP contribution is -2.16. The molecule has 0 aromatic carbocycles. The molecular formula is C31H49BrOS3. The van der Waals surface area contributed by atoms with Crippen LogP contribution in [0.2, 0.25) is 0 Å². The topological polar surface area (TPSA) is 17.1 Å². The molecule has 0 aliphatic carbocycles. The average molecular weight is 614 g/mol. The van der Waals surface area contributed by atoms with Gasteiger partial charge in [0.15, 0.2) is 5.12 Å². The lowest BCUT2D eigenvalue weighted by Gasteiger charge is -2.15. The maximum absolute atomic E-state index is 12.0. The highest BCUT2D eigenvalue weighted by molar-refractivity contribution is 9.11. The van der Waals surface area contributed by atoms with E-state index in [1.54, 1.807) is 0 Å². The van der Waals surface area contributed by atoms with Crippen molar-refractivity contribution >= 4 is 55.5 Å². The van der Waals surface area contributed by atoms with Gasteiger partial charge in [0.2, 0.25) is 0 Å². The molecule has 0 bridgehead atoms. The summed E-state index contributed by atoms with van der Waals surface area (Å²) in [6, 6.07) is 4.77. The first-order valence-electron chi connectivity index (χ1n) is 14.3. The fourth-order valence-electron chi connectivity index (χ4n) is 4.39. The van der Waals surface area contributed by atoms with Crippen LogP contribution in [-0.2, 0) is 17.6 Å². The Morgan fingerprint density at radius 2 is 1.39 bits per heavy atom. The summed E-state index contributed by atoms with van der Waals surface area (Å²) in [6.45, 7) is 8.31. The van der Waals surface area contributed by atoms with Gasteiger partial charge in [0.05, 0.1) is 3.79 Å². The Hall–Kier alpha value is -0.100. The van der Waals surface area contributed by atoms with Crippen LogP contribution in [0, 0.1) is 5.41 Å². The molecule has 0 unspecified atom stereocenters. The summed E-state index contributed by atoms with van der Waals surface area (Å²) in [4.78, 5) is 14.9. The molecule has 2 aromatic heterocycles. The lowest BCUT2D eigenvalue weighted by molar-refractivity contribution is -0.117. The second-order valence-electron chi connectivity index (χ2n) is 11.2. The summed E-state index contributed by atoms with van der Waals surface area (Å²) < 4.78 is 1.33. The molecule has 0 saturated carbocycles. The Balaban J connectivity index is 1.65. The Labute approximate surface area is 242 Å². The molecule has 0 aliphatic heterocycles. The van der Waals surface area contributed by atoms with Crippen molar-refractivity contribution in [2.75, 3.05) is 5.75 Å². The van der Waals surface area contributed by atoms with Crippen LogP contribution in [0.4, 0.5) is 0 Å². The Bertz CT molecular complexity index is 862. The number of thioether (sulfide) groups is 1. The predicted molar refractivity (Wildman–Crippen MR) is 170 cm³/mol.